The molecule has 2 heterocycles. The smallest absolute Gasteiger partial charge is 0.141 e. The highest BCUT2D eigenvalue weighted by molar-refractivity contribution is 6.41. The van der Waals surface area contributed by atoms with Gasteiger partial charge in [0.25, 0.3) is 0 Å². The molecule has 0 aliphatic carbocycles. The van der Waals surface area contributed by atoms with Gasteiger partial charge in [-0.1, -0.05) is 37.0 Å². The molecule has 0 amide bonds. The molecule has 3 rings (SSSR count). The molecular weight excluding hydrogens is 385 g/mol. The average molecular weight is 408 g/mol. The molecular formula is C20H23Cl2N3O2. The molecule has 0 fully saturated rings. The summed E-state index contributed by atoms with van der Waals surface area (Å²) >= 11 is 13.0. The number of pyridine rings is 2. The molecule has 0 saturated carbocycles. The molecule has 2 aromatic heterocycles. The fourth-order valence-electron chi connectivity index (χ4n) is 2.68. The Balaban J connectivity index is 0.00000126. The number of anilines is 1. The first kappa shape index (κ1) is 21.1. The van der Waals surface area contributed by atoms with Crippen LogP contribution in [0.4, 0.5) is 5.82 Å². The van der Waals surface area contributed by atoms with Crippen molar-refractivity contribution >= 4 is 39.8 Å². The van der Waals surface area contributed by atoms with Crippen molar-refractivity contribution in [3.05, 3.63) is 40.1 Å². The molecule has 3 aromatic rings. The Hall–Kier alpha value is -2.24. The minimum absolute atomic E-state index is 0.377. The van der Waals surface area contributed by atoms with E-state index in [2.05, 4.69) is 15.3 Å². The lowest BCUT2D eigenvalue weighted by Crippen LogP contribution is -1.99. The Bertz CT molecular complexity index is 934. The van der Waals surface area contributed by atoms with Gasteiger partial charge in [-0.05, 0) is 19.1 Å². The number of methoxy groups -OCH3 is 2. The van der Waals surface area contributed by atoms with Gasteiger partial charge in [0.05, 0.1) is 30.0 Å². The van der Waals surface area contributed by atoms with Gasteiger partial charge >= 0.3 is 0 Å². The summed E-state index contributed by atoms with van der Waals surface area (Å²) in [5.74, 6) is 1.65. The molecule has 5 nitrogen and oxygen atoms in total. The third-order valence-corrected chi connectivity index (χ3v) is 4.67. The predicted molar refractivity (Wildman–Crippen MR) is 114 cm³/mol. The van der Waals surface area contributed by atoms with Crippen LogP contribution in [0.1, 0.15) is 19.5 Å². The zero-order valence-electron chi connectivity index (χ0n) is 16.3. The number of aromatic nitrogens is 2. The first-order valence-corrected chi connectivity index (χ1v) is 9.31. The second-order valence-corrected chi connectivity index (χ2v) is 6.19. The van der Waals surface area contributed by atoms with Gasteiger partial charge in [-0.2, -0.15) is 0 Å². The van der Waals surface area contributed by atoms with Crippen LogP contribution in [-0.4, -0.2) is 31.2 Å². The third-order valence-electron chi connectivity index (χ3n) is 3.92. The number of nitrogens with one attached hydrogen (secondary N) is 1. The maximum absolute atomic E-state index is 6.51. The molecule has 0 saturated heterocycles. The largest absolute Gasteiger partial charge is 0.495 e. The van der Waals surface area contributed by atoms with Crippen LogP contribution in [0.3, 0.4) is 0 Å². The Labute approximate surface area is 169 Å². The van der Waals surface area contributed by atoms with Gasteiger partial charge < -0.3 is 14.8 Å². The molecule has 0 atom stereocenters. The van der Waals surface area contributed by atoms with E-state index >= 15 is 0 Å². The maximum atomic E-state index is 6.51. The van der Waals surface area contributed by atoms with E-state index in [9.17, 15) is 0 Å². The number of halogens is 2. The van der Waals surface area contributed by atoms with Gasteiger partial charge in [-0.25, -0.2) is 4.98 Å². The van der Waals surface area contributed by atoms with Crippen LogP contribution in [0.5, 0.6) is 11.5 Å². The van der Waals surface area contributed by atoms with E-state index in [0.717, 1.165) is 16.5 Å². The number of nitrogens with zero attached hydrogens (tertiary/aromatic N) is 2. The number of rotatable bonds is 4. The van der Waals surface area contributed by atoms with Gasteiger partial charge in [0.2, 0.25) is 0 Å². The summed E-state index contributed by atoms with van der Waals surface area (Å²) in [6.07, 6.45) is 1.80. The SMILES string of the molecule is CC.CNc1nc(-c2c(Cl)c(OC)cc(OC)c2Cl)cc2cnc(C)cc12. The number of hydrogen-bond acceptors (Lipinski definition) is 5. The molecule has 0 aliphatic rings. The molecule has 144 valence electrons. The normalized spacial score (nSPS) is 10.2. The number of benzene rings is 1. The van der Waals surface area contributed by atoms with Crippen LogP contribution in [0.25, 0.3) is 22.0 Å². The molecule has 1 N–H and O–H groups in total. The lowest BCUT2D eigenvalue weighted by atomic mass is 10.1. The zero-order chi connectivity index (χ0) is 20.1. The molecule has 0 bridgehead atoms. The highest BCUT2D eigenvalue weighted by Crippen LogP contribution is 2.46. The fourth-order valence-corrected chi connectivity index (χ4v) is 3.37. The average Bonchev–Trinajstić information content (AvgIpc) is 2.69. The minimum Gasteiger partial charge on any atom is -0.495 e. The summed E-state index contributed by atoms with van der Waals surface area (Å²) in [5, 5.41) is 5.77. The summed E-state index contributed by atoms with van der Waals surface area (Å²) in [6, 6.07) is 5.53. The van der Waals surface area contributed by atoms with Crippen LogP contribution in [0.15, 0.2) is 24.4 Å². The molecule has 7 heteroatoms. The highest BCUT2D eigenvalue weighted by Gasteiger charge is 2.21. The number of hydrogen-bond donors (Lipinski definition) is 1. The summed E-state index contributed by atoms with van der Waals surface area (Å²) in [6.45, 7) is 5.94. The Morgan fingerprint density at radius 2 is 1.56 bits per heavy atom. The van der Waals surface area contributed by atoms with Crippen molar-refractivity contribution in [3.63, 3.8) is 0 Å². The third kappa shape index (κ3) is 4.04. The lowest BCUT2D eigenvalue weighted by molar-refractivity contribution is 0.395. The number of aryl methyl sites for hydroxylation is 1. The van der Waals surface area contributed by atoms with E-state index in [-0.39, 0.29) is 0 Å². The van der Waals surface area contributed by atoms with Crippen LogP contribution in [-0.2, 0) is 0 Å². The minimum atomic E-state index is 0.377. The number of ether oxygens (including phenoxy) is 2. The number of fused-ring (bicyclic) bond motifs is 1. The summed E-state index contributed by atoms with van der Waals surface area (Å²) < 4.78 is 10.7. The van der Waals surface area contributed by atoms with E-state index in [1.165, 1.54) is 14.2 Å². The Kier molecular flexibility index (Phi) is 7.11. The van der Waals surface area contributed by atoms with E-state index in [0.29, 0.717) is 38.6 Å². The van der Waals surface area contributed by atoms with Crippen molar-refractivity contribution in [2.45, 2.75) is 20.8 Å². The molecule has 27 heavy (non-hydrogen) atoms. The second kappa shape index (κ2) is 9.11. The molecule has 0 spiro atoms. The molecule has 0 aliphatic heterocycles. The topological polar surface area (TPSA) is 56.3 Å². The molecule has 1 aromatic carbocycles. The quantitative estimate of drug-likeness (QED) is 0.574. The Morgan fingerprint density at radius 1 is 0.963 bits per heavy atom. The van der Waals surface area contributed by atoms with Crippen LogP contribution in [0, 0.1) is 6.92 Å². The van der Waals surface area contributed by atoms with Crippen molar-refractivity contribution in [1.29, 1.82) is 0 Å². The first-order valence-electron chi connectivity index (χ1n) is 8.55. The van der Waals surface area contributed by atoms with Crippen molar-refractivity contribution in [2.24, 2.45) is 0 Å². The van der Waals surface area contributed by atoms with Gasteiger partial charge in [0.15, 0.2) is 0 Å². The van der Waals surface area contributed by atoms with Gasteiger partial charge in [0, 0.05) is 41.3 Å². The summed E-state index contributed by atoms with van der Waals surface area (Å²) in [4.78, 5) is 9.04. The van der Waals surface area contributed by atoms with E-state index < -0.39 is 0 Å². The highest BCUT2D eigenvalue weighted by atomic mass is 35.5. The fraction of sp³-hybridized carbons (Fsp3) is 0.300. The maximum Gasteiger partial charge on any atom is 0.141 e. The van der Waals surface area contributed by atoms with E-state index in [1.807, 2.05) is 40.0 Å². The zero-order valence-corrected chi connectivity index (χ0v) is 17.8. The summed E-state index contributed by atoms with van der Waals surface area (Å²) in [7, 11) is 4.90. The standard InChI is InChI=1S/C18H17Cl2N3O2.C2H6/c1-9-5-11-10(8-22-9)6-12(23-18(11)21-2)15-16(19)13(24-3)7-14(25-4)17(15)20;1-2/h5-8H,1-4H3,(H,21,23);1-2H3. The van der Waals surface area contributed by atoms with Crippen molar-refractivity contribution < 1.29 is 9.47 Å². The first-order chi connectivity index (χ1) is 13.0. The second-order valence-electron chi connectivity index (χ2n) is 5.44. The monoisotopic (exact) mass is 407 g/mol. The molecule has 0 radical (unpaired) electrons. The van der Waals surface area contributed by atoms with Gasteiger partial charge in [-0.15, -0.1) is 0 Å². The van der Waals surface area contributed by atoms with Crippen molar-refractivity contribution in [3.8, 4) is 22.8 Å². The van der Waals surface area contributed by atoms with E-state index in [1.54, 1.807) is 12.3 Å². The van der Waals surface area contributed by atoms with Crippen LogP contribution >= 0.6 is 23.2 Å². The van der Waals surface area contributed by atoms with Crippen molar-refractivity contribution in [1.82, 2.24) is 9.97 Å². The predicted octanol–water partition coefficient (Wildman–Crippen LogP) is 6.00. The van der Waals surface area contributed by atoms with Crippen LogP contribution in [0.2, 0.25) is 10.0 Å². The summed E-state index contributed by atoms with van der Waals surface area (Å²) in [5.41, 5.74) is 2.07. The molecule has 0 unspecified atom stereocenters. The Morgan fingerprint density at radius 3 is 2.07 bits per heavy atom. The van der Waals surface area contributed by atoms with Crippen LogP contribution < -0.4 is 14.8 Å². The van der Waals surface area contributed by atoms with Crippen molar-refractivity contribution in [2.75, 3.05) is 26.6 Å². The lowest BCUT2D eigenvalue weighted by Gasteiger charge is -2.16. The van der Waals surface area contributed by atoms with E-state index in [4.69, 9.17) is 32.7 Å². The van der Waals surface area contributed by atoms with Gasteiger partial charge in [0.1, 0.15) is 17.3 Å². The van der Waals surface area contributed by atoms with Gasteiger partial charge in [-0.3, -0.25) is 4.98 Å².